The number of sulfonamides is 1. The minimum atomic E-state index is -3.85. The maximum atomic E-state index is 12.2. The van der Waals surface area contributed by atoms with Gasteiger partial charge in [0.25, 0.3) is 10.0 Å². The maximum absolute atomic E-state index is 12.2. The van der Waals surface area contributed by atoms with Gasteiger partial charge in [0.05, 0.1) is 15.7 Å². The van der Waals surface area contributed by atoms with Gasteiger partial charge in [0.1, 0.15) is 4.90 Å². The summed E-state index contributed by atoms with van der Waals surface area (Å²) in [6.45, 7) is 0. The molecule has 0 bridgehead atoms. The molecule has 0 aliphatic carbocycles. The molecular weight excluding hydrogens is 375 g/mol. The highest BCUT2D eigenvalue weighted by atomic mass is 79.9. The van der Waals surface area contributed by atoms with E-state index in [9.17, 15) is 8.42 Å². The molecule has 0 saturated carbocycles. The molecule has 1 aromatic heterocycles. The van der Waals surface area contributed by atoms with Gasteiger partial charge in [-0.25, -0.2) is 8.42 Å². The van der Waals surface area contributed by atoms with Crippen LogP contribution in [0.15, 0.2) is 46.0 Å². The van der Waals surface area contributed by atoms with Gasteiger partial charge in [-0.2, -0.15) is 0 Å². The second-order valence-electron chi connectivity index (χ2n) is 3.54. The molecule has 0 amide bonds. The highest BCUT2D eigenvalue weighted by Crippen LogP contribution is 2.33. The average Bonchev–Trinajstić information content (AvgIpc) is 2.27. The Morgan fingerprint density at radius 3 is 2.16 bits per heavy atom. The Bertz CT molecular complexity index is 685. The molecule has 1 aromatic carbocycles. The Labute approximate surface area is 128 Å². The van der Waals surface area contributed by atoms with Crippen molar-refractivity contribution in [3.63, 3.8) is 0 Å². The number of nitrogens with one attached hydrogen (secondary N) is 1. The molecule has 0 spiro atoms. The summed E-state index contributed by atoms with van der Waals surface area (Å²) in [7, 11) is -3.85. The van der Waals surface area contributed by atoms with Crippen LogP contribution in [0.2, 0.25) is 10.0 Å². The topological polar surface area (TPSA) is 59.1 Å². The van der Waals surface area contributed by atoms with Crippen molar-refractivity contribution in [2.24, 2.45) is 0 Å². The van der Waals surface area contributed by atoms with Gasteiger partial charge in [0.15, 0.2) is 0 Å². The first-order valence-electron chi connectivity index (χ1n) is 4.97. The van der Waals surface area contributed by atoms with Crippen molar-refractivity contribution in [3.8, 4) is 0 Å². The fraction of sp³-hybridized carbons (Fsp3) is 0. The predicted molar refractivity (Wildman–Crippen MR) is 79.2 cm³/mol. The number of hydrogen-bond donors (Lipinski definition) is 1. The van der Waals surface area contributed by atoms with Gasteiger partial charge < -0.3 is 0 Å². The minimum absolute atomic E-state index is 0.0425. The standard InChI is InChI=1S/C11H7BrCl2N2O2S/c12-7-5-9(13)11(10(14)6-7)19(17,18)16-8-1-3-15-4-2-8/h1-6H,(H,15,16). The number of anilines is 1. The van der Waals surface area contributed by atoms with Crippen LogP contribution in [0.5, 0.6) is 0 Å². The van der Waals surface area contributed by atoms with Crippen LogP contribution in [-0.4, -0.2) is 13.4 Å². The molecule has 0 radical (unpaired) electrons. The third kappa shape index (κ3) is 3.39. The summed E-state index contributed by atoms with van der Waals surface area (Å²) in [5.41, 5.74) is 0.380. The number of rotatable bonds is 3. The van der Waals surface area contributed by atoms with Crippen LogP contribution in [0.3, 0.4) is 0 Å². The van der Waals surface area contributed by atoms with Crippen LogP contribution in [0.4, 0.5) is 5.69 Å². The lowest BCUT2D eigenvalue weighted by molar-refractivity contribution is 0.601. The fourth-order valence-corrected chi connectivity index (χ4v) is 4.41. The van der Waals surface area contributed by atoms with E-state index in [0.717, 1.165) is 0 Å². The third-order valence-corrected chi connectivity index (χ3v) is 4.92. The largest absolute Gasteiger partial charge is 0.279 e. The average molecular weight is 382 g/mol. The number of pyridine rings is 1. The van der Waals surface area contributed by atoms with E-state index >= 15 is 0 Å². The molecule has 0 aliphatic heterocycles. The van der Waals surface area contributed by atoms with Gasteiger partial charge in [-0.1, -0.05) is 39.1 Å². The first-order chi connectivity index (χ1) is 8.90. The normalized spacial score (nSPS) is 11.3. The molecule has 0 fully saturated rings. The van der Waals surface area contributed by atoms with E-state index < -0.39 is 10.0 Å². The van der Waals surface area contributed by atoms with E-state index in [1.54, 1.807) is 0 Å². The smallest absolute Gasteiger partial charge is 0.264 e. The van der Waals surface area contributed by atoms with Gasteiger partial charge in [0.2, 0.25) is 0 Å². The first kappa shape index (κ1) is 14.6. The van der Waals surface area contributed by atoms with Crippen molar-refractivity contribution < 1.29 is 8.42 Å². The molecule has 19 heavy (non-hydrogen) atoms. The van der Waals surface area contributed by atoms with Crippen molar-refractivity contribution in [1.29, 1.82) is 0 Å². The van der Waals surface area contributed by atoms with Crippen LogP contribution in [0.1, 0.15) is 0 Å². The second kappa shape index (κ2) is 5.66. The molecule has 0 aliphatic rings. The molecule has 4 nitrogen and oxygen atoms in total. The van der Waals surface area contributed by atoms with Gasteiger partial charge in [-0.3, -0.25) is 9.71 Å². The lowest BCUT2D eigenvalue weighted by Crippen LogP contribution is -2.14. The van der Waals surface area contributed by atoms with Gasteiger partial charge in [0, 0.05) is 16.9 Å². The molecule has 2 aromatic rings. The predicted octanol–water partition coefficient (Wildman–Crippen LogP) is 3.95. The number of benzene rings is 1. The Balaban J connectivity index is 2.46. The summed E-state index contributed by atoms with van der Waals surface area (Å²) in [5, 5.41) is 0.0851. The Morgan fingerprint density at radius 1 is 1.11 bits per heavy atom. The zero-order valence-electron chi connectivity index (χ0n) is 9.27. The van der Waals surface area contributed by atoms with Crippen molar-refractivity contribution in [2.75, 3.05) is 4.72 Å². The van der Waals surface area contributed by atoms with Crippen LogP contribution in [-0.2, 0) is 10.0 Å². The second-order valence-corrected chi connectivity index (χ2v) is 6.89. The molecule has 0 saturated heterocycles. The highest BCUT2D eigenvalue weighted by molar-refractivity contribution is 9.10. The van der Waals surface area contributed by atoms with E-state index in [4.69, 9.17) is 23.2 Å². The van der Waals surface area contributed by atoms with Crippen LogP contribution >= 0.6 is 39.1 Å². The summed E-state index contributed by atoms with van der Waals surface area (Å²) < 4.78 is 27.5. The van der Waals surface area contributed by atoms with Crippen LogP contribution in [0.25, 0.3) is 0 Å². The number of aromatic nitrogens is 1. The van der Waals surface area contributed by atoms with E-state index in [1.807, 2.05) is 0 Å². The number of hydrogen-bond acceptors (Lipinski definition) is 3. The first-order valence-corrected chi connectivity index (χ1v) is 8.01. The molecule has 1 N–H and O–H groups in total. The molecule has 0 unspecified atom stereocenters. The lowest BCUT2D eigenvalue weighted by atomic mass is 10.4. The molecule has 1 heterocycles. The van der Waals surface area contributed by atoms with Crippen LogP contribution in [0, 0.1) is 0 Å². The number of nitrogens with zero attached hydrogens (tertiary/aromatic N) is 1. The molecule has 0 atom stereocenters. The highest BCUT2D eigenvalue weighted by Gasteiger charge is 2.22. The Morgan fingerprint density at radius 2 is 1.63 bits per heavy atom. The lowest BCUT2D eigenvalue weighted by Gasteiger charge is -2.11. The van der Waals surface area contributed by atoms with Gasteiger partial charge >= 0.3 is 0 Å². The SMILES string of the molecule is O=S(=O)(Nc1ccncc1)c1c(Cl)cc(Br)cc1Cl. The van der Waals surface area contributed by atoms with E-state index in [-0.39, 0.29) is 14.9 Å². The third-order valence-electron chi connectivity index (χ3n) is 2.16. The Kier molecular flexibility index (Phi) is 4.35. The summed E-state index contributed by atoms with van der Waals surface area (Å²) in [4.78, 5) is 3.65. The molecule has 8 heteroatoms. The van der Waals surface area contributed by atoms with Crippen LogP contribution < -0.4 is 4.72 Å². The number of halogens is 3. The fourth-order valence-electron chi connectivity index (χ4n) is 1.41. The van der Waals surface area contributed by atoms with Crippen molar-refractivity contribution >= 4 is 54.8 Å². The molecule has 2 rings (SSSR count). The zero-order chi connectivity index (χ0) is 14.0. The summed E-state index contributed by atoms with van der Waals surface area (Å²) >= 11 is 15.1. The van der Waals surface area contributed by atoms with Crippen molar-refractivity contribution in [3.05, 3.63) is 51.2 Å². The van der Waals surface area contributed by atoms with Crippen molar-refractivity contribution in [1.82, 2.24) is 4.98 Å². The monoisotopic (exact) mass is 380 g/mol. The van der Waals surface area contributed by atoms with E-state index in [0.29, 0.717) is 10.2 Å². The van der Waals surface area contributed by atoms with E-state index in [1.165, 1.54) is 36.7 Å². The van der Waals surface area contributed by atoms with Gasteiger partial charge in [-0.05, 0) is 24.3 Å². The van der Waals surface area contributed by atoms with Crippen molar-refractivity contribution in [2.45, 2.75) is 4.90 Å². The molecular formula is C11H7BrCl2N2O2S. The van der Waals surface area contributed by atoms with E-state index in [2.05, 4.69) is 25.6 Å². The molecule has 100 valence electrons. The minimum Gasteiger partial charge on any atom is -0.279 e. The summed E-state index contributed by atoms with van der Waals surface area (Å²) in [5.74, 6) is 0. The Hall–Kier alpha value is -0.820. The zero-order valence-corrected chi connectivity index (χ0v) is 13.2. The maximum Gasteiger partial charge on any atom is 0.264 e. The summed E-state index contributed by atoms with van der Waals surface area (Å²) in [6.07, 6.45) is 2.95. The quantitative estimate of drug-likeness (QED) is 0.875. The van der Waals surface area contributed by atoms with Gasteiger partial charge in [-0.15, -0.1) is 0 Å². The summed E-state index contributed by atoms with van der Waals surface area (Å²) in [6, 6.07) is 5.99.